The van der Waals surface area contributed by atoms with E-state index in [-0.39, 0.29) is 22.3 Å². The Kier molecular flexibility index (Phi) is 7.61. The summed E-state index contributed by atoms with van der Waals surface area (Å²) in [4.78, 5) is 38.7. The van der Waals surface area contributed by atoms with Gasteiger partial charge in [-0.1, -0.05) is 49.7 Å². The normalized spacial score (nSPS) is 11.7. The van der Waals surface area contributed by atoms with Gasteiger partial charge in [0.05, 0.1) is 15.5 Å². The quantitative estimate of drug-likeness (QED) is 0.463. The van der Waals surface area contributed by atoms with Crippen LogP contribution >= 0.6 is 22.9 Å². The highest BCUT2D eigenvalue weighted by molar-refractivity contribution is 7.17. The van der Waals surface area contributed by atoms with E-state index >= 15 is 0 Å². The van der Waals surface area contributed by atoms with Crippen molar-refractivity contribution in [2.24, 2.45) is 5.92 Å². The van der Waals surface area contributed by atoms with Crippen LogP contribution in [0.1, 0.15) is 33.9 Å². The molecule has 0 aliphatic rings. The van der Waals surface area contributed by atoms with Gasteiger partial charge in [-0.15, -0.1) is 11.3 Å². The molecule has 0 spiro atoms. The number of hydrazine groups is 1. The second-order valence-electron chi connectivity index (χ2n) is 7.29. The standard InChI is InChI=1S/C23H21ClFN3O3S/c1-13(2)20(26-21(29)16-5-3-4-6-17(16)24)23(31)28-27-22(30)19-12-11-18(32-19)14-7-9-15(25)10-8-14/h3-13,20H,1-2H3,(H,26,29)(H,27,30)(H,28,31)/t20-/m0/s1. The van der Waals surface area contributed by atoms with Gasteiger partial charge in [-0.05, 0) is 47.9 Å². The second kappa shape index (κ2) is 10.4. The Morgan fingerprint density at radius 3 is 2.25 bits per heavy atom. The topological polar surface area (TPSA) is 87.3 Å². The van der Waals surface area contributed by atoms with Crippen molar-refractivity contribution < 1.29 is 18.8 Å². The minimum Gasteiger partial charge on any atom is -0.340 e. The molecule has 3 aromatic rings. The third-order valence-corrected chi connectivity index (χ3v) is 6.07. The van der Waals surface area contributed by atoms with Gasteiger partial charge in [0.25, 0.3) is 17.7 Å². The van der Waals surface area contributed by atoms with Crippen LogP contribution in [0.3, 0.4) is 0 Å². The van der Waals surface area contributed by atoms with Crippen LogP contribution in [0.4, 0.5) is 4.39 Å². The zero-order valence-corrected chi connectivity index (χ0v) is 18.9. The van der Waals surface area contributed by atoms with Crippen molar-refractivity contribution in [1.29, 1.82) is 0 Å². The van der Waals surface area contributed by atoms with E-state index in [1.165, 1.54) is 23.5 Å². The minimum atomic E-state index is -0.891. The molecule has 1 aromatic heterocycles. The molecule has 32 heavy (non-hydrogen) atoms. The van der Waals surface area contributed by atoms with Crippen LogP contribution in [0.5, 0.6) is 0 Å². The van der Waals surface area contributed by atoms with E-state index in [2.05, 4.69) is 16.2 Å². The lowest BCUT2D eigenvalue weighted by molar-refractivity contribution is -0.124. The van der Waals surface area contributed by atoms with Crippen LogP contribution in [0.25, 0.3) is 10.4 Å². The lowest BCUT2D eigenvalue weighted by atomic mass is 10.0. The molecule has 0 fully saturated rings. The van der Waals surface area contributed by atoms with E-state index in [0.29, 0.717) is 4.88 Å². The van der Waals surface area contributed by atoms with Crippen LogP contribution in [-0.2, 0) is 4.79 Å². The summed E-state index contributed by atoms with van der Waals surface area (Å²) in [6.45, 7) is 3.54. The molecule has 0 saturated heterocycles. The molecule has 3 N–H and O–H groups in total. The summed E-state index contributed by atoms with van der Waals surface area (Å²) in [5.41, 5.74) is 5.76. The summed E-state index contributed by atoms with van der Waals surface area (Å²) in [5, 5.41) is 2.93. The molecule has 0 aliphatic heterocycles. The first-order valence-corrected chi connectivity index (χ1v) is 11.0. The molecular formula is C23H21ClFN3O3S. The van der Waals surface area contributed by atoms with Gasteiger partial charge < -0.3 is 5.32 Å². The number of hydrogen-bond acceptors (Lipinski definition) is 4. The second-order valence-corrected chi connectivity index (χ2v) is 8.78. The van der Waals surface area contributed by atoms with Crippen molar-refractivity contribution in [3.63, 3.8) is 0 Å². The van der Waals surface area contributed by atoms with Crippen molar-refractivity contribution in [3.05, 3.63) is 81.9 Å². The van der Waals surface area contributed by atoms with Crippen molar-refractivity contribution >= 4 is 40.7 Å². The first-order valence-electron chi connectivity index (χ1n) is 9.77. The third kappa shape index (κ3) is 5.72. The van der Waals surface area contributed by atoms with Crippen molar-refractivity contribution in [3.8, 4) is 10.4 Å². The van der Waals surface area contributed by atoms with Crippen LogP contribution in [0.15, 0.2) is 60.7 Å². The number of carbonyl (C=O) groups excluding carboxylic acids is 3. The fourth-order valence-corrected chi connectivity index (χ4v) is 4.01. The van der Waals surface area contributed by atoms with Gasteiger partial charge in [-0.25, -0.2) is 4.39 Å². The average molecular weight is 474 g/mol. The lowest BCUT2D eigenvalue weighted by Gasteiger charge is -2.22. The van der Waals surface area contributed by atoms with E-state index in [9.17, 15) is 18.8 Å². The van der Waals surface area contributed by atoms with E-state index < -0.39 is 23.8 Å². The summed E-state index contributed by atoms with van der Waals surface area (Å²) >= 11 is 7.26. The number of hydrogen-bond donors (Lipinski definition) is 3. The van der Waals surface area contributed by atoms with Crippen molar-refractivity contribution in [2.45, 2.75) is 19.9 Å². The predicted octanol–water partition coefficient (Wildman–Crippen LogP) is 4.42. The van der Waals surface area contributed by atoms with E-state index in [1.54, 1.807) is 62.4 Å². The van der Waals surface area contributed by atoms with Crippen LogP contribution in [0.2, 0.25) is 5.02 Å². The van der Waals surface area contributed by atoms with Gasteiger partial charge >= 0.3 is 0 Å². The van der Waals surface area contributed by atoms with Crippen LogP contribution < -0.4 is 16.2 Å². The predicted molar refractivity (Wildman–Crippen MR) is 123 cm³/mol. The molecule has 3 amide bonds. The van der Waals surface area contributed by atoms with Crippen molar-refractivity contribution in [2.75, 3.05) is 0 Å². The molecule has 2 aromatic carbocycles. The molecule has 3 rings (SSSR count). The Balaban J connectivity index is 1.61. The molecule has 0 saturated carbocycles. The fourth-order valence-electron chi connectivity index (χ4n) is 2.89. The van der Waals surface area contributed by atoms with E-state index in [4.69, 9.17) is 11.6 Å². The molecule has 0 bridgehead atoms. The number of nitrogens with one attached hydrogen (secondary N) is 3. The van der Waals surface area contributed by atoms with Crippen molar-refractivity contribution in [1.82, 2.24) is 16.2 Å². The highest BCUT2D eigenvalue weighted by atomic mass is 35.5. The molecule has 6 nitrogen and oxygen atoms in total. The molecule has 1 atom stereocenters. The number of halogens is 2. The van der Waals surface area contributed by atoms with Gasteiger partial charge in [0.2, 0.25) is 0 Å². The van der Waals surface area contributed by atoms with Gasteiger partial charge in [0.1, 0.15) is 11.9 Å². The smallest absolute Gasteiger partial charge is 0.279 e. The summed E-state index contributed by atoms with van der Waals surface area (Å²) in [6.07, 6.45) is 0. The average Bonchev–Trinajstić information content (AvgIpc) is 3.26. The largest absolute Gasteiger partial charge is 0.340 e. The number of rotatable bonds is 6. The van der Waals surface area contributed by atoms with Crippen LogP contribution in [-0.4, -0.2) is 23.8 Å². The molecule has 0 unspecified atom stereocenters. The zero-order chi connectivity index (χ0) is 23.3. The Bertz CT molecular complexity index is 1130. The van der Waals surface area contributed by atoms with Gasteiger partial charge in [0, 0.05) is 4.88 Å². The summed E-state index contributed by atoms with van der Waals surface area (Å²) in [6, 6.07) is 14.9. The number of amides is 3. The SMILES string of the molecule is CC(C)[C@H](NC(=O)c1ccccc1Cl)C(=O)NNC(=O)c1ccc(-c2ccc(F)cc2)s1. The molecule has 9 heteroatoms. The summed E-state index contributed by atoms with van der Waals surface area (Å²) in [7, 11) is 0. The first-order chi connectivity index (χ1) is 15.3. The Morgan fingerprint density at radius 1 is 0.906 bits per heavy atom. The molecular weight excluding hydrogens is 453 g/mol. The van der Waals surface area contributed by atoms with Crippen LogP contribution in [0, 0.1) is 11.7 Å². The maximum absolute atomic E-state index is 13.1. The Morgan fingerprint density at radius 2 is 1.59 bits per heavy atom. The maximum atomic E-state index is 13.1. The summed E-state index contributed by atoms with van der Waals surface area (Å²) < 4.78 is 13.1. The van der Waals surface area contributed by atoms with E-state index in [0.717, 1.165) is 10.4 Å². The minimum absolute atomic E-state index is 0.245. The Labute approximate surface area is 193 Å². The molecule has 1 heterocycles. The first kappa shape index (κ1) is 23.4. The summed E-state index contributed by atoms with van der Waals surface area (Å²) in [5.74, 6) is -2.14. The zero-order valence-electron chi connectivity index (χ0n) is 17.3. The number of carbonyl (C=O) groups is 3. The van der Waals surface area contributed by atoms with Gasteiger partial charge in [0.15, 0.2) is 0 Å². The lowest BCUT2D eigenvalue weighted by Crippen LogP contribution is -2.54. The van der Waals surface area contributed by atoms with Gasteiger partial charge in [-0.2, -0.15) is 0 Å². The molecule has 0 radical (unpaired) electrons. The highest BCUT2D eigenvalue weighted by Crippen LogP contribution is 2.28. The highest BCUT2D eigenvalue weighted by Gasteiger charge is 2.26. The monoisotopic (exact) mass is 473 g/mol. The van der Waals surface area contributed by atoms with E-state index in [1.807, 2.05) is 0 Å². The number of thiophene rings is 1. The van der Waals surface area contributed by atoms with Gasteiger partial charge in [-0.3, -0.25) is 25.2 Å². The third-order valence-electron chi connectivity index (χ3n) is 4.61. The molecule has 0 aliphatic carbocycles. The Hall–Kier alpha value is -3.23. The number of benzene rings is 2. The molecule has 166 valence electrons. The fraction of sp³-hybridized carbons (Fsp3) is 0.174. The maximum Gasteiger partial charge on any atom is 0.279 e.